The summed E-state index contributed by atoms with van der Waals surface area (Å²) in [4.78, 5) is 13.2. The average molecular weight is 410 g/mol. The van der Waals surface area contributed by atoms with E-state index in [1.165, 1.54) is 11.8 Å². The Balaban J connectivity index is 1.56. The third-order valence-corrected chi connectivity index (χ3v) is 5.14. The second kappa shape index (κ2) is 7.71. The number of aromatic nitrogens is 4. The number of amides is 1. The van der Waals surface area contributed by atoms with Crippen molar-refractivity contribution in [3.8, 4) is 0 Å². The number of tetrazole rings is 1. The number of hydrogen-bond acceptors (Lipinski definition) is 6. The van der Waals surface area contributed by atoms with E-state index >= 15 is 0 Å². The van der Waals surface area contributed by atoms with Gasteiger partial charge in [0.25, 0.3) is 0 Å². The van der Waals surface area contributed by atoms with Crippen molar-refractivity contribution in [2.75, 3.05) is 11.1 Å². The van der Waals surface area contributed by atoms with Gasteiger partial charge in [0, 0.05) is 15.0 Å². The Morgan fingerprint density at radius 2 is 2.26 bits per heavy atom. The number of thioether (sulfide) groups is 1. The largest absolute Gasteiger partial charge is 0.325 e. The van der Waals surface area contributed by atoms with Gasteiger partial charge in [-0.05, 0) is 40.1 Å². The zero-order valence-electron chi connectivity index (χ0n) is 11.8. The van der Waals surface area contributed by atoms with Crippen LogP contribution < -0.4 is 5.32 Å². The molecule has 0 aliphatic rings. The summed E-state index contributed by atoms with van der Waals surface area (Å²) in [7, 11) is 0. The number of nitrogens with one attached hydrogen (secondary N) is 1. The first-order valence-corrected chi connectivity index (χ1v) is 9.33. The maximum Gasteiger partial charge on any atom is 0.234 e. The van der Waals surface area contributed by atoms with Crippen molar-refractivity contribution in [2.24, 2.45) is 0 Å². The molecule has 3 rings (SSSR count). The Kier molecular flexibility index (Phi) is 5.42. The summed E-state index contributed by atoms with van der Waals surface area (Å²) in [6.45, 7) is 0.611. The fourth-order valence-corrected chi connectivity index (χ4v) is 3.60. The standard InChI is InChI=1S/C14H12BrN5OS2/c15-10-3-1-4-11(7-10)16-13(21)9-23-14-17-18-19-20(14)8-12-5-2-6-22-12/h1-7H,8-9H2,(H,16,21). The van der Waals surface area contributed by atoms with Crippen molar-refractivity contribution in [3.63, 3.8) is 0 Å². The Morgan fingerprint density at radius 3 is 3.04 bits per heavy atom. The van der Waals surface area contributed by atoms with Gasteiger partial charge in [-0.1, -0.05) is 39.8 Å². The number of carbonyl (C=O) groups excluding carboxylic acids is 1. The number of thiophene rings is 1. The van der Waals surface area contributed by atoms with Gasteiger partial charge in [-0.25, -0.2) is 4.68 Å². The van der Waals surface area contributed by atoms with Gasteiger partial charge in [0.1, 0.15) is 0 Å². The van der Waals surface area contributed by atoms with Gasteiger partial charge >= 0.3 is 0 Å². The molecule has 0 atom stereocenters. The Hall–Kier alpha value is -1.71. The molecule has 2 heterocycles. The molecule has 0 fully saturated rings. The lowest BCUT2D eigenvalue weighted by atomic mass is 10.3. The molecule has 0 unspecified atom stereocenters. The average Bonchev–Trinajstić information content (AvgIpc) is 3.18. The first-order valence-electron chi connectivity index (χ1n) is 6.67. The van der Waals surface area contributed by atoms with E-state index in [4.69, 9.17) is 0 Å². The van der Waals surface area contributed by atoms with Crippen LogP contribution in [0.4, 0.5) is 5.69 Å². The highest BCUT2D eigenvalue weighted by Crippen LogP contribution is 2.19. The van der Waals surface area contributed by atoms with E-state index in [1.807, 2.05) is 41.8 Å². The van der Waals surface area contributed by atoms with Crippen molar-refractivity contribution >= 4 is 50.6 Å². The summed E-state index contributed by atoms with van der Waals surface area (Å²) >= 11 is 6.34. The molecule has 1 N–H and O–H groups in total. The Labute approximate surface area is 149 Å². The van der Waals surface area contributed by atoms with Gasteiger partial charge in [-0.15, -0.1) is 16.4 Å². The summed E-state index contributed by atoms with van der Waals surface area (Å²) in [5.41, 5.74) is 0.753. The van der Waals surface area contributed by atoms with Crippen LogP contribution in [0.15, 0.2) is 51.4 Å². The summed E-state index contributed by atoms with van der Waals surface area (Å²) in [5, 5.41) is 17.1. The first-order chi connectivity index (χ1) is 11.2. The molecule has 6 nitrogen and oxygen atoms in total. The van der Waals surface area contributed by atoms with E-state index in [2.05, 4.69) is 36.8 Å². The van der Waals surface area contributed by atoms with E-state index in [9.17, 15) is 4.79 Å². The quantitative estimate of drug-likeness (QED) is 0.632. The highest BCUT2D eigenvalue weighted by molar-refractivity contribution is 9.10. The van der Waals surface area contributed by atoms with Gasteiger partial charge in [0.05, 0.1) is 12.3 Å². The van der Waals surface area contributed by atoms with Crippen molar-refractivity contribution in [2.45, 2.75) is 11.7 Å². The lowest BCUT2D eigenvalue weighted by Gasteiger charge is -2.05. The highest BCUT2D eigenvalue weighted by Gasteiger charge is 2.11. The fourth-order valence-electron chi connectivity index (χ4n) is 1.84. The van der Waals surface area contributed by atoms with Crippen LogP contribution in [-0.4, -0.2) is 31.9 Å². The molecule has 118 valence electrons. The van der Waals surface area contributed by atoms with Gasteiger partial charge in [0.2, 0.25) is 11.1 Å². The number of hydrogen-bond donors (Lipinski definition) is 1. The van der Waals surface area contributed by atoms with Crippen LogP contribution in [0.5, 0.6) is 0 Å². The maximum absolute atomic E-state index is 12.0. The number of halogens is 1. The predicted molar refractivity (Wildman–Crippen MR) is 94.7 cm³/mol. The monoisotopic (exact) mass is 409 g/mol. The van der Waals surface area contributed by atoms with Crippen LogP contribution >= 0.6 is 39.0 Å². The van der Waals surface area contributed by atoms with Gasteiger partial charge < -0.3 is 5.32 Å². The Morgan fingerprint density at radius 1 is 1.35 bits per heavy atom. The third-order valence-electron chi connectivity index (χ3n) is 2.83. The van der Waals surface area contributed by atoms with E-state index < -0.39 is 0 Å². The van der Waals surface area contributed by atoms with Crippen LogP contribution in [0.1, 0.15) is 4.88 Å². The Bertz CT molecular complexity index is 790. The molecule has 0 saturated carbocycles. The van der Waals surface area contributed by atoms with Gasteiger partial charge in [0.15, 0.2) is 0 Å². The number of anilines is 1. The van der Waals surface area contributed by atoms with Crippen LogP contribution in [-0.2, 0) is 11.3 Å². The molecule has 1 amide bonds. The van der Waals surface area contributed by atoms with E-state index in [1.54, 1.807) is 16.0 Å². The second-order valence-corrected chi connectivity index (χ2v) is 7.44. The predicted octanol–water partition coefficient (Wildman–Crippen LogP) is 3.28. The van der Waals surface area contributed by atoms with Crippen LogP contribution in [0.25, 0.3) is 0 Å². The summed E-state index contributed by atoms with van der Waals surface area (Å²) in [6, 6.07) is 11.5. The van der Waals surface area contributed by atoms with E-state index in [0.717, 1.165) is 15.0 Å². The van der Waals surface area contributed by atoms with Crippen LogP contribution in [0.3, 0.4) is 0 Å². The minimum atomic E-state index is -0.0984. The lowest BCUT2D eigenvalue weighted by Crippen LogP contribution is -2.14. The molecule has 0 saturated heterocycles. The number of rotatable bonds is 6. The molecule has 1 aromatic carbocycles. The van der Waals surface area contributed by atoms with Crippen molar-refractivity contribution in [1.29, 1.82) is 0 Å². The topological polar surface area (TPSA) is 72.7 Å². The molecular formula is C14H12BrN5OS2. The molecule has 9 heteroatoms. The van der Waals surface area contributed by atoms with Gasteiger partial charge in [-0.3, -0.25) is 4.79 Å². The number of nitrogens with zero attached hydrogens (tertiary/aromatic N) is 4. The van der Waals surface area contributed by atoms with Crippen molar-refractivity contribution in [3.05, 3.63) is 51.1 Å². The molecular weight excluding hydrogens is 398 g/mol. The SMILES string of the molecule is O=C(CSc1nnnn1Cc1cccs1)Nc1cccc(Br)c1. The maximum atomic E-state index is 12.0. The van der Waals surface area contributed by atoms with Crippen molar-refractivity contribution in [1.82, 2.24) is 20.2 Å². The zero-order chi connectivity index (χ0) is 16.1. The van der Waals surface area contributed by atoms with Gasteiger partial charge in [-0.2, -0.15) is 0 Å². The summed E-state index contributed by atoms with van der Waals surface area (Å²) < 4.78 is 2.62. The van der Waals surface area contributed by atoms with Crippen LogP contribution in [0.2, 0.25) is 0 Å². The summed E-state index contributed by atoms with van der Waals surface area (Å²) in [5.74, 6) is 0.149. The molecule has 0 radical (unpaired) electrons. The summed E-state index contributed by atoms with van der Waals surface area (Å²) in [6.07, 6.45) is 0. The fraction of sp³-hybridized carbons (Fsp3) is 0.143. The number of carbonyl (C=O) groups is 1. The molecule has 2 aromatic heterocycles. The minimum Gasteiger partial charge on any atom is -0.325 e. The highest BCUT2D eigenvalue weighted by atomic mass is 79.9. The molecule has 23 heavy (non-hydrogen) atoms. The smallest absolute Gasteiger partial charge is 0.234 e. The molecule has 0 aliphatic heterocycles. The first kappa shape index (κ1) is 16.2. The normalized spacial score (nSPS) is 10.7. The van der Waals surface area contributed by atoms with Crippen molar-refractivity contribution < 1.29 is 4.79 Å². The molecule has 3 aromatic rings. The second-order valence-electron chi connectivity index (χ2n) is 4.55. The van der Waals surface area contributed by atoms with E-state index in [-0.39, 0.29) is 11.7 Å². The molecule has 0 aliphatic carbocycles. The molecule has 0 spiro atoms. The van der Waals surface area contributed by atoms with E-state index in [0.29, 0.717) is 11.7 Å². The van der Waals surface area contributed by atoms with Crippen LogP contribution in [0, 0.1) is 0 Å². The molecule has 0 bridgehead atoms. The third kappa shape index (κ3) is 4.63. The lowest BCUT2D eigenvalue weighted by molar-refractivity contribution is -0.113. The zero-order valence-corrected chi connectivity index (χ0v) is 15.1. The minimum absolute atomic E-state index is 0.0984. The number of benzene rings is 1.